The fourth-order valence-corrected chi connectivity index (χ4v) is 4.97. The minimum Gasteiger partial charge on any atom is -0.383 e. The number of carbonyl (C=O) groups is 1. The van der Waals surface area contributed by atoms with Gasteiger partial charge in [-0.15, -0.1) is 0 Å². The summed E-state index contributed by atoms with van der Waals surface area (Å²) in [7, 11) is 1.73. The Morgan fingerprint density at radius 3 is 2.69 bits per heavy atom. The Balaban J connectivity index is 1.39. The zero-order chi connectivity index (χ0) is 24.5. The van der Waals surface area contributed by atoms with Crippen LogP contribution in [0.25, 0.3) is 11.2 Å². The molecular formula is C27H32FN5O2. The summed E-state index contributed by atoms with van der Waals surface area (Å²) in [6.07, 6.45) is 14.2. The molecule has 0 N–H and O–H groups in total. The largest absolute Gasteiger partial charge is 0.383 e. The lowest BCUT2D eigenvalue weighted by Crippen LogP contribution is -2.47. The number of rotatable bonds is 5. The number of ether oxygens (including phenoxy) is 1. The predicted octanol–water partition coefficient (Wildman–Crippen LogP) is 3.59. The summed E-state index contributed by atoms with van der Waals surface area (Å²) in [6.45, 7) is 9.34. The highest BCUT2D eigenvalue weighted by atomic mass is 19.1. The standard InChI is InChI=1S/C27H32FN5O2/c1-19-4-5-22-6-7-23(31-10-8-30(9-11-31)12-13-35-3)18-33(22)26(34)15-24(19)21-14-25(28)27-29-20(2)16-32(27)17-21/h5-7,14-19H,4,8-13H2,1-3H3. The van der Waals surface area contributed by atoms with Crippen molar-refractivity contribution in [2.24, 2.45) is 5.92 Å². The minimum atomic E-state index is -0.387. The maximum Gasteiger partial charge on any atom is 0.255 e. The second-order valence-electron chi connectivity index (χ2n) is 9.47. The number of methoxy groups -OCH3 is 1. The van der Waals surface area contributed by atoms with Crippen molar-refractivity contribution in [1.29, 1.82) is 0 Å². The highest BCUT2D eigenvalue weighted by molar-refractivity contribution is 5.98. The number of halogens is 1. The lowest BCUT2D eigenvalue weighted by atomic mass is 9.90. The molecule has 8 heteroatoms. The Morgan fingerprint density at radius 1 is 1.14 bits per heavy atom. The molecule has 5 rings (SSSR count). The first-order valence-corrected chi connectivity index (χ1v) is 12.2. The molecule has 2 aromatic rings. The van der Waals surface area contributed by atoms with Crippen molar-refractivity contribution in [2.75, 3.05) is 46.4 Å². The van der Waals surface area contributed by atoms with Gasteiger partial charge >= 0.3 is 0 Å². The zero-order valence-electron chi connectivity index (χ0n) is 20.6. The summed E-state index contributed by atoms with van der Waals surface area (Å²) in [6, 6.07) is 1.49. The fraction of sp³-hybridized carbons (Fsp3) is 0.407. The van der Waals surface area contributed by atoms with Gasteiger partial charge in [0.15, 0.2) is 11.5 Å². The van der Waals surface area contributed by atoms with Crippen LogP contribution in [0.4, 0.5) is 4.39 Å². The number of carbonyl (C=O) groups excluding carboxylic acids is 1. The number of fused-ring (bicyclic) bond motifs is 2. The maximum absolute atomic E-state index is 14.8. The van der Waals surface area contributed by atoms with Gasteiger partial charge in [-0.1, -0.05) is 13.0 Å². The Bertz CT molecular complexity index is 1250. The first-order valence-electron chi connectivity index (χ1n) is 12.2. The quantitative estimate of drug-likeness (QED) is 0.659. The van der Waals surface area contributed by atoms with E-state index in [4.69, 9.17) is 4.74 Å². The molecule has 0 saturated carbocycles. The summed E-state index contributed by atoms with van der Waals surface area (Å²) in [5, 5.41) is 0. The van der Waals surface area contributed by atoms with Crippen LogP contribution in [0.2, 0.25) is 0 Å². The van der Waals surface area contributed by atoms with Crippen molar-refractivity contribution in [2.45, 2.75) is 20.3 Å². The monoisotopic (exact) mass is 477 g/mol. The third-order valence-electron chi connectivity index (χ3n) is 7.00. The second kappa shape index (κ2) is 9.79. The van der Waals surface area contributed by atoms with Crippen LogP contribution in [0.3, 0.4) is 0 Å². The van der Waals surface area contributed by atoms with Crippen molar-refractivity contribution in [3.05, 3.63) is 77.4 Å². The Kier molecular flexibility index (Phi) is 6.58. The van der Waals surface area contributed by atoms with Crippen molar-refractivity contribution < 1.29 is 13.9 Å². The molecule has 1 amide bonds. The number of amides is 1. The summed E-state index contributed by atoms with van der Waals surface area (Å²) >= 11 is 0. The maximum atomic E-state index is 14.8. The molecule has 1 fully saturated rings. The van der Waals surface area contributed by atoms with Crippen LogP contribution in [0.1, 0.15) is 24.6 Å². The van der Waals surface area contributed by atoms with E-state index in [9.17, 15) is 9.18 Å². The summed E-state index contributed by atoms with van der Waals surface area (Å²) in [5.41, 5.74) is 4.50. The van der Waals surface area contributed by atoms with Gasteiger partial charge in [-0.3, -0.25) is 14.6 Å². The minimum absolute atomic E-state index is 0.0639. The Labute approximate surface area is 205 Å². The number of allylic oxidation sites excluding steroid dienone is 4. The number of hydrogen-bond donors (Lipinski definition) is 0. The summed E-state index contributed by atoms with van der Waals surface area (Å²) in [4.78, 5) is 24.1. The first-order chi connectivity index (χ1) is 16.9. The van der Waals surface area contributed by atoms with E-state index < -0.39 is 0 Å². The van der Waals surface area contributed by atoms with E-state index in [1.54, 1.807) is 28.7 Å². The molecule has 1 unspecified atom stereocenters. The van der Waals surface area contributed by atoms with Crippen LogP contribution in [-0.4, -0.2) is 76.4 Å². The molecule has 3 aliphatic heterocycles. The molecular weight excluding hydrogens is 445 g/mol. The van der Waals surface area contributed by atoms with Crippen LogP contribution in [0, 0.1) is 18.7 Å². The fourth-order valence-electron chi connectivity index (χ4n) is 4.97. The van der Waals surface area contributed by atoms with Gasteiger partial charge in [-0.2, -0.15) is 0 Å². The summed E-state index contributed by atoms with van der Waals surface area (Å²) in [5.74, 6) is -0.447. The second-order valence-corrected chi connectivity index (χ2v) is 9.47. The van der Waals surface area contributed by atoms with Crippen molar-refractivity contribution in [1.82, 2.24) is 24.1 Å². The molecule has 2 aromatic heterocycles. The van der Waals surface area contributed by atoms with E-state index in [2.05, 4.69) is 33.9 Å². The molecule has 0 radical (unpaired) electrons. The number of aryl methyl sites for hydroxylation is 1. The van der Waals surface area contributed by atoms with Gasteiger partial charge in [-0.05, 0) is 48.6 Å². The van der Waals surface area contributed by atoms with Gasteiger partial charge in [0.2, 0.25) is 0 Å². The highest BCUT2D eigenvalue weighted by Gasteiger charge is 2.26. The van der Waals surface area contributed by atoms with E-state index in [-0.39, 0.29) is 17.6 Å². The van der Waals surface area contributed by atoms with Gasteiger partial charge in [-0.25, -0.2) is 9.37 Å². The van der Waals surface area contributed by atoms with Gasteiger partial charge in [0.05, 0.1) is 18.0 Å². The molecule has 7 nitrogen and oxygen atoms in total. The average molecular weight is 478 g/mol. The van der Waals surface area contributed by atoms with Crippen LogP contribution < -0.4 is 0 Å². The van der Waals surface area contributed by atoms with Crippen LogP contribution >= 0.6 is 0 Å². The first kappa shape index (κ1) is 23.5. The number of imidazole rings is 1. The van der Waals surface area contributed by atoms with Crippen LogP contribution in [-0.2, 0) is 9.53 Å². The van der Waals surface area contributed by atoms with E-state index in [0.29, 0.717) is 11.2 Å². The van der Waals surface area contributed by atoms with Gasteiger partial charge in [0, 0.05) is 70.2 Å². The molecule has 0 aliphatic carbocycles. The van der Waals surface area contributed by atoms with E-state index >= 15 is 0 Å². The topological polar surface area (TPSA) is 53.3 Å². The van der Waals surface area contributed by atoms with Gasteiger partial charge in [0.1, 0.15) is 0 Å². The number of pyridine rings is 1. The normalized spacial score (nSPS) is 21.4. The molecule has 5 heterocycles. The molecule has 0 spiro atoms. The molecule has 35 heavy (non-hydrogen) atoms. The van der Waals surface area contributed by atoms with Crippen LogP contribution in [0.15, 0.2) is 60.4 Å². The Morgan fingerprint density at radius 2 is 1.91 bits per heavy atom. The molecule has 3 aliphatic rings. The van der Waals surface area contributed by atoms with E-state index in [1.165, 1.54) is 6.07 Å². The lowest BCUT2D eigenvalue weighted by Gasteiger charge is -2.38. The number of nitrogens with zero attached hydrogens (tertiary/aromatic N) is 5. The lowest BCUT2D eigenvalue weighted by molar-refractivity contribution is -0.122. The molecule has 1 atom stereocenters. The number of aromatic nitrogens is 2. The van der Waals surface area contributed by atoms with Gasteiger partial charge < -0.3 is 14.0 Å². The van der Waals surface area contributed by atoms with E-state index in [0.717, 1.165) is 68.4 Å². The molecule has 0 bridgehead atoms. The third kappa shape index (κ3) is 4.81. The Hall–Kier alpha value is -3.23. The smallest absolute Gasteiger partial charge is 0.255 e. The zero-order valence-corrected chi connectivity index (χ0v) is 20.6. The van der Waals surface area contributed by atoms with E-state index in [1.807, 2.05) is 25.4 Å². The summed E-state index contributed by atoms with van der Waals surface area (Å²) < 4.78 is 21.7. The number of piperazine rings is 1. The molecule has 184 valence electrons. The van der Waals surface area contributed by atoms with Crippen LogP contribution in [0.5, 0.6) is 0 Å². The van der Waals surface area contributed by atoms with Crippen molar-refractivity contribution >= 4 is 17.1 Å². The SMILES string of the molecule is COCCN1CCN(C2=CN3C(=O)C=C(c4cc(F)c5nc(C)cn5c4)C(C)CC=C3C=C2)CC1. The number of hydrogen-bond acceptors (Lipinski definition) is 5. The average Bonchev–Trinajstić information content (AvgIpc) is 3.24. The van der Waals surface area contributed by atoms with Crippen molar-refractivity contribution in [3.63, 3.8) is 0 Å². The third-order valence-corrected chi connectivity index (χ3v) is 7.00. The van der Waals surface area contributed by atoms with Crippen molar-refractivity contribution in [3.8, 4) is 0 Å². The molecule has 1 saturated heterocycles. The highest BCUT2D eigenvalue weighted by Crippen LogP contribution is 2.32. The predicted molar refractivity (Wildman–Crippen MR) is 134 cm³/mol. The van der Waals surface area contributed by atoms with Gasteiger partial charge in [0.25, 0.3) is 5.91 Å². The molecule has 0 aromatic carbocycles.